The number of nitrogens with zero attached hydrogens (tertiary/aromatic N) is 2. The van der Waals surface area contributed by atoms with E-state index in [1.165, 1.54) is 11.1 Å². The minimum atomic E-state index is -0.0532. The van der Waals surface area contributed by atoms with Crippen LogP contribution in [0.25, 0.3) is 0 Å². The van der Waals surface area contributed by atoms with Crippen LogP contribution < -0.4 is 5.32 Å². The average Bonchev–Trinajstić information content (AvgIpc) is 3.18. The number of hydrogen-bond donors (Lipinski definition) is 1. The van der Waals surface area contributed by atoms with E-state index in [0.717, 1.165) is 31.7 Å². The highest BCUT2D eigenvalue weighted by Gasteiger charge is 2.30. The molecule has 5 heteroatoms. The maximum atomic E-state index is 12.4. The summed E-state index contributed by atoms with van der Waals surface area (Å²) in [5, 5.41) is 2.97. The molecular weight excluding hydrogens is 278 g/mol. The predicted octanol–water partition coefficient (Wildman–Crippen LogP) is 2.26. The van der Waals surface area contributed by atoms with E-state index < -0.39 is 0 Å². The standard InChI is InChI=1S/C17H21N3O2/c1-13-10-18-7-6-14(13)12-20-8-2-5-16(20)17(21)19-11-15-4-3-9-22-15/h3-4,6-7,9-10,16H,2,5,8,11-12H2,1H3,(H,19,21). The molecule has 2 aromatic heterocycles. The third-order valence-corrected chi connectivity index (χ3v) is 4.19. The molecule has 1 fully saturated rings. The second kappa shape index (κ2) is 6.75. The smallest absolute Gasteiger partial charge is 0.237 e. The fraction of sp³-hybridized carbons (Fsp3) is 0.412. The molecule has 0 aliphatic carbocycles. The lowest BCUT2D eigenvalue weighted by atomic mass is 10.1. The van der Waals surface area contributed by atoms with Crippen molar-refractivity contribution in [3.63, 3.8) is 0 Å². The van der Waals surface area contributed by atoms with E-state index in [0.29, 0.717) is 6.54 Å². The second-order valence-corrected chi connectivity index (χ2v) is 5.73. The molecule has 1 saturated heterocycles. The van der Waals surface area contributed by atoms with Crippen molar-refractivity contribution in [2.75, 3.05) is 6.54 Å². The first-order chi connectivity index (χ1) is 10.7. The molecular formula is C17H21N3O2. The fourth-order valence-electron chi connectivity index (χ4n) is 2.92. The zero-order valence-corrected chi connectivity index (χ0v) is 12.8. The van der Waals surface area contributed by atoms with E-state index in [1.54, 1.807) is 6.26 Å². The molecule has 3 heterocycles. The number of pyridine rings is 1. The fourth-order valence-corrected chi connectivity index (χ4v) is 2.92. The Morgan fingerprint density at radius 2 is 2.41 bits per heavy atom. The first-order valence-electron chi connectivity index (χ1n) is 7.67. The van der Waals surface area contributed by atoms with Gasteiger partial charge in [-0.15, -0.1) is 0 Å². The summed E-state index contributed by atoms with van der Waals surface area (Å²) in [7, 11) is 0. The predicted molar refractivity (Wildman–Crippen MR) is 83.0 cm³/mol. The largest absolute Gasteiger partial charge is 0.467 e. The molecule has 1 N–H and O–H groups in total. The van der Waals surface area contributed by atoms with Gasteiger partial charge in [0.2, 0.25) is 5.91 Å². The Hall–Kier alpha value is -2.14. The Kier molecular flexibility index (Phi) is 4.53. The monoisotopic (exact) mass is 299 g/mol. The summed E-state index contributed by atoms with van der Waals surface area (Å²) in [6.07, 6.45) is 7.27. The highest BCUT2D eigenvalue weighted by molar-refractivity contribution is 5.81. The van der Waals surface area contributed by atoms with Gasteiger partial charge in [0.25, 0.3) is 0 Å². The van der Waals surface area contributed by atoms with Crippen molar-refractivity contribution < 1.29 is 9.21 Å². The first-order valence-corrected chi connectivity index (χ1v) is 7.67. The van der Waals surface area contributed by atoms with Crippen LogP contribution in [0.15, 0.2) is 41.3 Å². The summed E-state index contributed by atoms with van der Waals surface area (Å²) >= 11 is 0. The molecule has 22 heavy (non-hydrogen) atoms. The SMILES string of the molecule is Cc1cnccc1CN1CCCC1C(=O)NCc1ccco1. The van der Waals surface area contributed by atoms with Crippen LogP contribution in [0.3, 0.4) is 0 Å². The Bertz CT molecular complexity index is 625. The van der Waals surface area contributed by atoms with Crippen molar-refractivity contribution in [1.29, 1.82) is 0 Å². The number of rotatable bonds is 5. The molecule has 0 aromatic carbocycles. The molecule has 1 unspecified atom stereocenters. The summed E-state index contributed by atoms with van der Waals surface area (Å²) < 4.78 is 5.25. The number of aryl methyl sites for hydroxylation is 1. The van der Waals surface area contributed by atoms with Crippen LogP contribution >= 0.6 is 0 Å². The maximum Gasteiger partial charge on any atom is 0.237 e. The molecule has 0 spiro atoms. The van der Waals surface area contributed by atoms with Gasteiger partial charge in [-0.05, 0) is 55.6 Å². The van der Waals surface area contributed by atoms with Crippen LogP contribution in [-0.4, -0.2) is 28.4 Å². The number of likely N-dealkylation sites (tertiary alicyclic amines) is 1. The molecule has 3 rings (SSSR count). The molecule has 0 bridgehead atoms. The van der Waals surface area contributed by atoms with Gasteiger partial charge in [0, 0.05) is 18.9 Å². The van der Waals surface area contributed by atoms with Crippen molar-refractivity contribution >= 4 is 5.91 Å². The zero-order chi connectivity index (χ0) is 15.4. The van der Waals surface area contributed by atoms with Gasteiger partial charge in [0.15, 0.2) is 0 Å². The molecule has 1 amide bonds. The normalized spacial score (nSPS) is 18.5. The molecule has 1 aliphatic rings. The van der Waals surface area contributed by atoms with Crippen LogP contribution in [0.1, 0.15) is 29.7 Å². The number of amides is 1. The van der Waals surface area contributed by atoms with Crippen molar-refractivity contribution in [3.8, 4) is 0 Å². The molecule has 1 atom stereocenters. The third kappa shape index (κ3) is 3.36. The third-order valence-electron chi connectivity index (χ3n) is 4.19. The van der Waals surface area contributed by atoms with Gasteiger partial charge in [-0.3, -0.25) is 14.7 Å². The quantitative estimate of drug-likeness (QED) is 0.920. The van der Waals surface area contributed by atoms with Crippen molar-refractivity contribution in [2.24, 2.45) is 0 Å². The van der Waals surface area contributed by atoms with Crippen LogP contribution in [0.4, 0.5) is 0 Å². The van der Waals surface area contributed by atoms with E-state index >= 15 is 0 Å². The summed E-state index contributed by atoms with van der Waals surface area (Å²) in [6.45, 7) is 4.27. The number of carbonyl (C=O) groups excluding carboxylic acids is 1. The first kappa shape index (κ1) is 14.8. The van der Waals surface area contributed by atoms with E-state index in [2.05, 4.69) is 22.1 Å². The minimum Gasteiger partial charge on any atom is -0.467 e. The van der Waals surface area contributed by atoms with Gasteiger partial charge < -0.3 is 9.73 Å². The molecule has 1 aliphatic heterocycles. The van der Waals surface area contributed by atoms with Gasteiger partial charge >= 0.3 is 0 Å². The van der Waals surface area contributed by atoms with Crippen LogP contribution in [-0.2, 0) is 17.9 Å². The van der Waals surface area contributed by atoms with Gasteiger partial charge in [-0.2, -0.15) is 0 Å². The molecule has 5 nitrogen and oxygen atoms in total. The molecule has 0 radical (unpaired) electrons. The number of aromatic nitrogens is 1. The van der Waals surface area contributed by atoms with Gasteiger partial charge in [0.05, 0.1) is 18.8 Å². The Balaban J connectivity index is 1.60. The summed E-state index contributed by atoms with van der Waals surface area (Å²) in [5.74, 6) is 0.864. The van der Waals surface area contributed by atoms with Crippen molar-refractivity contribution in [2.45, 2.75) is 38.9 Å². The Morgan fingerprint density at radius 3 is 3.18 bits per heavy atom. The Morgan fingerprint density at radius 1 is 1.50 bits per heavy atom. The minimum absolute atomic E-state index is 0.0532. The second-order valence-electron chi connectivity index (χ2n) is 5.73. The molecule has 2 aromatic rings. The lowest BCUT2D eigenvalue weighted by Crippen LogP contribution is -2.42. The lowest BCUT2D eigenvalue weighted by molar-refractivity contribution is -0.125. The van der Waals surface area contributed by atoms with E-state index in [4.69, 9.17) is 4.42 Å². The maximum absolute atomic E-state index is 12.4. The molecule has 0 saturated carbocycles. The Labute approximate surface area is 130 Å². The van der Waals surface area contributed by atoms with Crippen molar-refractivity contribution in [3.05, 3.63) is 53.7 Å². The highest BCUT2D eigenvalue weighted by atomic mass is 16.3. The topological polar surface area (TPSA) is 58.4 Å². The van der Waals surface area contributed by atoms with Crippen LogP contribution in [0, 0.1) is 6.92 Å². The summed E-state index contributed by atoms with van der Waals surface area (Å²) in [5.41, 5.74) is 2.41. The van der Waals surface area contributed by atoms with Gasteiger partial charge in [0.1, 0.15) is 5.76 Å². The number of nitrogens with one attached hydrogen (secondary N) is 1. The summed E-state index contributed by atoms with van der Waals surface area (Å²) in [6, 6.07) is 5.68. The highest BCUT2D eigenvalue weighted by Crippen LogP contribution is 2.21. The van der Waals surface area contributed by atoms with Crippen molar-refractivity contribution in [1.82, 2.24) is 15.2 Å². The van der Waals surface area contributed by atoms with Gasteiger partial charge in [-0.25, -0.2) is 0 Å². The zero-order valence-electron chi connectivity index (χ0n) is 12.8. The van der Waals surface area contributed by atoms with Gasteiger partial charge in [-0.1, -0.05) is 0 Å². The number of furan rings is 1. The van der Waals surface area contributed by atoms with E-state index in [1.807, 2.05) is 30.6 Å². The summed E-state index contributed by atoms with van der Waals surface area (Å²) in [4.78, 5) is 18.8. The van der Waals surface area contributed by atoms with Crippen LogP contribution in [0.5, 0.6) is 0 Å². The number of hydrogen-bond acceptors (Lipinski definition) is 4. The van der Waals surface area contributed by atoms with Crippen LogP contribution in [0.2, 0.25) is 0 Å². The molecule has 116 valence electrons. The van der Waals surface area contributed by atoms with E-state index in [9.17, 15) is 4.79 Å². The lowest BCUT2D eigenvalue weighted by Gasteiger charge is -2.24. The number of carbonyl (C=O) groups is 1. The average molecular weight is 299 g/mol. The van der Waals surface area contributed by atoms with E-state index in [-0.39, 0.29) is 11.9 Å².